The number of sulfonamides is 1. The summed E-state index contributed by atoms with van der Waals surface area (Å²) < 4.78 is 32.3. The normalized spacial score (nSPS) is 18.8. The van der Waals surface area contributed by atoms with Crippen molar-refractivity contribution in [3.8, 4) is 0 Å². The molecular formula is C12H18ClNO3S2. The Bertz CT molecular complexity index is 507. The molecule has 0 aromatic carbocycles. The van der Waals surface area contributed by atoms with E-state index in [0.717, 1.165) is 17.7 Å². The van der Waals surface area contributed by atoms with E-state index in [2.05, 4.69) is 0 Å². The van der Waals surface area contributed by atoms with E-state index < -0.39 is 10.0 Å². The quantitative estimate of drug-likeness (QED) is 0.783. The van der Waals surface area contributed by atoms with Gasteiger partial charge in [0.05, 0.1) is 12.0 Å². The Labute approximate surface area is 123 Å². The molecule has 0 amide bonds. The molecule has 1 aromatic rings. The first-order valence-electron chi connectivity index (χ1n) is 6.34. The summed E-state index contributed by atoms with van der Waals surface area (Å²) in [5, 5.41) is 0. The van der Waals surface area contributed by atoms with Gasteiger partial charge in [-0.25, -0.2) is 8.42 Å². The maximum atomic E-state index is 12.4. The molecule has 0 saturated carbocycles. The first-order valence-corrected chi connectivity index (χ1v) is 9.13. The van der Waals surface area contributed by atoms with Crippen LogP contribution in [0.5, 0.6) is 0 Å². The summed E-state index contributed by atoms with van der Waals surface area (Å²) in [6.45, 7) is 3.70. The molecule has 108 valence electrons. The van der Waals surface area contributed by atoms with Crippen molar-refractivity contribution in [1.29, 1.82) is 0 Å². The fourth-order valence-corrected chi connectivity index (χ4v) is 5.25. The third-order valence-electron chi connectivity index (χ3n) is 3.17. The molecule has 0 N–H and O–H groups in total. The number of nitrogens with zero attached hydrogens (tertiary/aromatic N) is 1. The Morgan fingerprint density at radius 1 is 1.42 bits per heavy atom. The lowest BCUT2D eigenvalue weighted by Gasteiger charge is -2.30. The summed E-state index contributed by atoms with van der Waals surface area (Å²) >= 11 is 6.97. The van der Waals surface area contributed by atoms with Gasteiger partial charge in [0.15, 0.2) is 0 Å². The van der Waals surface area contributed by atoms with Gasteiger partial charge in [0.1, 0.15) is 4.21 Å². The van der Waals surface area contributed by atoms with Crippen LogP contribution in [0.2, 0.25) is 0 Å². The van der Waals surface area contributed by atoms with Gasteiger partial charge in [-0.3, -0.25) is 0 Å². The van der Waals surface area contributed by atoms with Crippen LogP contribution < -0.4 is 0 Å². The molecule has 1 fully saturated rings. The van der Waals surface area contributed by atoms with Crippen molar-refractivity contribution in [3.05, 3.63) is 17.0 Å². The summed E-state index contributed by atoms with van der Waals surface area (Å²) in [5.74, 6) is 0.354. The van der Waals surface area contributed by atoms with Crippen LogP contribution in [-0.4, -0.2) is 38.5 Å². The third kappa shape index (κ3) is 3.49. The SMILES string of the molecule is CCOC1CCN(S(=O)(=O)c2ccc(CCl)s2)CC1. The lowest BCUT2D eigenvalue weighted by Crippen LogP contribution is -2.40. The molecule has 4 nitrogen and oxygen atoms in total. The lowest BCUT2D eigenvalue weighted by molar-refractivity contribution is 0.0290. The van der Waals surface area contributed by atoms with Crippen LogP contribution in [0, 0.1) is 0 Å². The van der Waals surface area contributed by atoms with E-state index in [0.29, 0.717) is 29.8 Å². The number of piperidine rings is 1. The van der Waals surface area contributed by atoms with E-state index >= 15 is 0 Å². The van der Waals surface area contributed by atoms with E-state index in [1.54, 1.807) is 16.4 Å². The number of halogens is 1. The third-order valence-corrected chi connectivity index (χ3v) is 7.06. The number of ether oxygens (including phenoxy) is 1. The van der Waals surface area contributed by atoms with Crippen LogP contribution in [0.4, 0.5) is 0 Å². The molecular weight excluding hydrogens is 306 g/mol. The van der Waals surface area contributed by atoms with Gasteiger partial charge in [0, 0.05) is 24.6 Å². The van der Waals surface area contributed by atoms with Crippen LogP contribution in [0.25, 0.3) is 0 Å². The van der Waals surface area contributed by atoms with E-state index in [4.69, 9.17) is 16.3 Å². The topological polar surface area (TPSA) is 46.6 Å². The number of hydrogen-bond donors (Lipinski definition) is 0. The van der Waals surface area contributed by atoms with E-state index in [-0.39, 0.29) is 6.10 Å². The highest BCUT2D eigenvalue weighted by Gasteiger charge is 2.30. The maximum absolute atomic E-state index is 12.4. The van der Waals surface area contributed by atoms with Gasteiger partial charge in [0.2, 0.25) is 0 Å². The Hall–Kier alpha value is -0.140. The van der Waals surface area contributed by atoms with Gasteiger partial charge >= 0.3 is 0 Å². The highest BCUT2D eigenvalue weighted by Crippen LogP contribution is 2.28. The van der Waals surface area contributed by atoms with Gasteiger partial charge < -0.3 is 4.74 Å². The molecule has 0 unspecified atom stereocenters. The minimum atomic E-state index is -3.35. The minimum Gasteiger partial charge on any atom is -0.378 e. The van der Waals surface area contributed by atoms with Crippen molar-refractivity contribution in [3.63, 3.8) is 0 Å². The number of thiophene rings is 1. The highest BCUT2D eigenvalue weighted by molar-refractivity contribution is 7.91. The molecule has 19 heavy (non-hydrogen) atoms. The fraction of sp³-hybridized carbons (Fsp3) is 0.667. The molecule has 1 saturated heterocycles. The molecule has 0 atom stereocenters. The monoisotopic (exact) mass is 323 g/mol. The minimum absolute atomic E-state index is 0.193. The van der Waals surface area contributed by atoms with Crippen LogP contribution in [-0.2, 0) is 20.6 Å². The Morgan fingerprint density at radius 2 is 2.11 bits per heavy atom. The standard InChI is InChI=1S/C12H18ClNO3S2/c1-2-17-10-5-7-14(8-6-10)19(15,16)12-4-3-11(9-13)18-12/h3-4,10H,2,5-9H2,1H3. The number of alkyl halides is 1. The van der Waals surface area contributed by atoms with Gasteiger partial charge in [-0.2, -0.15) is 4.31 Å². The summed E-state index contributed by atoms with van der Waals surface area (Å²) in [6.07, 6.45) is 1.72. The zero-order chi connectivity index (χ0) is 13.9. The van der Waals surface area contributed by atoms with Gasteiger partial charge in [-0.15, -0.1) is 22.9 Å². The predicted molar refractivity (Wildman–Crippen MR) is 77.3 cm³/mol. The summed E-state index contributed by atoms with van der Waals surface area (Å²) in [4.78, 5) is 0.879. The van der Waals surface area contributed by atoms with Crippen molar-refractivity contribution in [1.82, 2.24) is 4.31 Å². The molecule has 2 rings (SSSR count). The summed E-state index contributed by atoms with van der Waals surface area (Å²) in [5.41, 5.74) is 0. The Morgan fingerprint density at radius 3 is 2.63 bits per heavy atom. The molecule has 0 spiro atoms. The predicted octanol–water partition coefficient (Wildman–Crippen LogP) is 2.68. The average molecular weight is 324 g/mol. The van der Waals surface area contributed by atoms with Crippen LogP contribution >= 0.6 is 22.9 Å². The summed E-state index contributed by atoms with van der Waals surface area (Å²) in [7, 11) is -3.35. The molecule has 7 heteroatoms. The molecule has 1 aliphatic heterocycles. The molecule has 1 aromatic heterocycles. The largest absolute Gasteiger partial charge is 0.378 e. The maximum Gasteiger partial charge on any atom is 0.252 e. The van der Waals surface area contributed by atoms with Crippen LogP contribution in [0.1, 0.15) is 24.6 Å². The van der Waals surface area contributed by atoms with Crippen molar-refractivity contribution in [2.45, 2.75) is 36.0 Å². The van der Waals surface area contributed by atoms with Crippen LogP contribution in [0.3, 0.4) is 0 Å². The first-order chi connectivity index (χ1) is 9.07. The van der Waals surface area contributed by atoms with Crippen molar-refractivity contribution in [2.75, 3.05) is 19.7 Å². The second-order valence-corrected chi connectivity index (χ2v) is 8.01. The highest BCUT2D eigenvalue weighted by atomic mass is 35.5. The first kappa shape index (κ1) is 15.3. The molecule has 0 aliphatic carbocycles. The van der Waals surface area contributed by atoms with Crippen molar-refractivity contribution in [2.24, 2.45) is 0 Å². The van der Waals surface area contributed by atoms with Gasteiger partial charge in [-0.05, 0) is 31.9 Å². The molecule has 1 aliphatic rings. The lowest BCUT2D eigenvalue weighted by atomic mass is 10.1. The Balaban J connectivity index is 2.05. The van der Waals surface area contributed by atoms with Crippen LogP contribution in [0.15, 0.2) is 16.3 Å². The van der Waals surface area contributed by atoms with E-state index in [1.165, 1.54) is 11.3 Å². The second kappa shape index (κ2) is 6.54. The number of rotatable bonds is 5. The summed E-state index contributed by atoms with van der Waals surface area (Å²) in [6, 6.07) is 3.42. The van der Waals surface area contributed by atoms with Crippen molar-refractivity contribution >= 4 is 33.0 Å². The molecule has 0 bridgehead atoms. The molecule has 2 heterocycles. The van der Waals surface area contributed by atoms with E-state index in [9.17, 15) is 8.42 Å². The zero-order valence-corrected chi connectivity index (χ0v) is 13.2. The zero-order valence-electron chi connectivity index (χ0n) is 10.8. The van der Waals surface area contributed by atoms with Gasteiger partial charge in [0.25, 0.3) is 10.0 Å². The average Bonchev–Trinajstić information content (AvgIpc) is 2.89. The van der Waals surface area contributed by atoms with Crippen molar-refractivity contribution < 1.29 is 13.2 Å². The second-order valence-electron chi connectivity index (χ2n) is 4.41. The Kier molecular flexibility index (Phi) is 5.25. The van der Waals surface area contributed by atoms with E-state index in [1.807, 2.05) is 6.92 Å². The smallest absolute Gasteiger partial charge is 0.252 e. The number of hydrogen-bond acceptors (Lipinski definition) is 4. The molecule has 0 radical (unpaired) electrons. The fourth-order valence-electron chi connectivity index (χ4n) is 2.17. The van der Waals surface area contributed by atoms with Gasteiger partial charge in [-0.1, -0.05) is 0 Å².